The molecule has 128 valence electrons. The number of rotatable bonds is 3. The van der Waals surface area contributed by atoms with Crippen LogP contribution in [0.5, 0.6) is 0 Å². The summed E-state index contributed by atoms with van der Waals surface area (Å²) in [4.78, 5) is 20.2. The third-order valence-electron chi connectivity index (χ3n) is 2.99. The van der Waals surface area contributed by atoms with Gasteiger partial charge in [0.15, 0.2) is 5.69 Å². The standard InChI is InChI=1S/C13H6F4N6O2/c14-8-3-1-7(2-4-8)9-5-10(13(15,16)17)20-12(19-9)22-6-18-11(21-22)23(24)25/h1-6H. The van der Waals surface area contributed by atoms with Crippen molar-refractivity contribution >= 4 is 5.95 Å². The van der Waals surface area contributed by atoms with Crippen molar-refractivity contribution in [2.24, 2.45) is 0 Å². The topological polar surface area (TPSA) is 99.6 Å². The molecule has 2 aromatic heterocycles. The number of benzene rings is 1. The van der Waals surface area contributed by atoms with Crippen molar-refractivity contribution in [2.75, 3.05) is 0 Å². The van der Waals surface area contributed by atoms with Crippen molar-refractivity contribution in [3.8, 4) is 17.2 Å². The molecule has 0 saturated carbocycles. The first-order valence-electron chi connectivity index (χ1n) is 6.53. The van der Waals surface area contributed by atoms with E-state index in [-0.39, 0.29) is 11.3 Å². The fourth-order valence-electron chi connectivity index (χ4n) is 1.89. The molecule has 3 aromatic rings. The monoisotopic (exact) mass is 354 g/mol. The molecule has 0 unspecified atom stereocenters. The number of hydrogen-bond acceptors (Lipinski definition) is 6. The van der Waals surface area contributed by atoms with Crippen molar-refractivity contribution in [1.29, 1.82) is 0 Å². The van der Waals surface area contributed by atoms with Crippen LogP contribution in [0.1, 0.15) is 5.69 Å². The molecule has 0 fully saturated rings. The largest absolute Gasteiger partial charge is 0.491 e. The van der Waals surface area contributed by atoms with Gasteiger partial charge >= 0.3 is 12.1 Å². The molecule has 0 aliphatic heterocycles. The summed E-state index contributed by atoms with van der Waals surface area (Å²) >= 11 is 0. The number of nitro groups is 1. The molecule has 3 rings (SSSR count). The lowest BCUT2D eigenvalue weighted by Gasteiger charge is -2.09. The van der Waals surface area contributed by atoms with Gasteiger partial charge in [0.05, 0.1) is 5.69 Å². The first kappa shape index (κ1) is 16.4. The Morgan fingerprint density at radius 3 is 2.36 bits per heavy atom. The first-order chi connectivity index (χ1) is 11.7. The van der Waals surface area contributed by atoms with Gasteiger partial charge in [-0.2, -0.15) is 13.2 Å². The minimum Gasteiger partial charge on any atom is -0.390 e. The summed E-state index contributed by atoms with van der Waals surface area (Å²) in [5.74, 6) is -1.94. The Morgan fingerprint density at radius 1 is 1.12 bits per heavy atom. The van der Waals surface area contributed by atoms with Crippen LogP contribution in [0.25, 0.3) is 17.2 Å². The van der Waals surface area contributed by atoms with E-state index in [0.717, 1.165) is 18.5 Å². The molecule has 0 amide bonds. The van der Waals surface area contributed by atoms with Gasteiger partial charge in [0.2, 0.25) is 6.33 Å². The van der Waals surface area contributed by atoms with E-state index in [1.54, 1.807) is 0 Å². The molecule has 25 heavy (non-hydrogen) atoms. The second kappa shape index (κ2) is 5.89. The Kier molecular flexibility index (Phi) is 3.87. The molecule has 0 bridgehead atoms. The van der Waals surface area contributed by atoms with Gasteiger partial charge in [-0.25, -0.2) is 14.4 Å². The maximum Gasteiger partial charge on any atom is 0.491 e. The van der Waals surface area contributed by atoms with Gasteiger partial charge in [-0.3, -0.25) is 0 Å². The minimum atomic E-state index is -4.79. The van der Waals surface area contributed by atoms with Gasteiger partial charge < -0.3 is 10.1 Å². The highest BCUT2D eigenvalue weighted by Crippen LogP contribution is 2.30. The molecule has 0 saturated heterocycles. The first-order valence-corrected chi connectivity index (χ1v) is 6.53. The predicted octanol–water partition coefficient (Wildman–Crippen LogP) is 2.79. The van der Waals surface area contributed by atoms with E-state index < -0.39 is 34.5 Å². The van der Waals surface area contributed by atoms with E-state index in [1.165, 1.54) is 12.1 Å². The zero-order valence-corrected chi connectivity index (χ0v) is 12.0. The molecule has 1 aromatic carbocycles. The molecule has 2 heterocycles. The van der Waals surface area contributed by atoms with Gasteiger partial charge in [0, 0.05) is 10.7 Å². The van der Waals surface area contributed by atoms with E-state index in [1.807, 2.05) is 0 Å². The third-order valence-corrected chi connectivity index (χ3v) is 2.99. The van der Waals surface area contributed by atoms with Crippen molar-refractivity contribution in [2.45, 2.75) is 6.18 Å². The van der Waals surface area contributed by atoms with Crippen LogP contribution in [0.3, 0.4) is 0 Å². The lowest BCUT2D eigenvalue weighted by atomic mass is 10.1. The smallest absolute Gasteiger partial charge is 0.390 e. The average molecular weight is 354 g/mol. The van der Waals surface area contributed by atoms with Gasteiger partial charge in [0.25, 0.3) is 5.95 Å². The summed E-state index contributed by atoms with van der Waals surface area (Å²) < 4.78 is 52.9. The summed E-state index contributed by atoms with van der Waals surface area (Å²) in [6, 6.07) is 5.29. The number of nitrogens with zero attached hydrogens (tertiary/aromatic N) is 6. The van der Waals surface area contributed by atoms with Gasteiger partial charge in [-0.15, -0.1) is 4.68 Å². The van der Waals surface area contributed by atoms with Crippen LogP contribution in [0.4, 0.5) is 23.5 Å². The zero-order chi connectivity index (χ0) is 18.2. The van der Waals surface area contributed by atoms with E-state index in [0.29, 0.717) is 10.7 Å². The van der Waals surface area contributed by atoms with Crippen molar-refractivity contribution in [1.82, 2.24) is 24.7 Å². The average Bonchev–Trinajstić information content (AvgIpc) is 3.04. The second-order valence-electron chi connectivity index (χ2n) is 4.69. The number of hydrogen-bond donors (Lipinski definition) is 0. The Hall–Kier alpha value is -3.44. The normalized spacial score (nSPS) is 11.5. The number of halogens is 4. The highest BCUT2D eigenvalue weighted by Gasteiger charge is 2.34. The summed E-state index contributed by atoms with van der Waals surface area (Å²) in [6.07, 6.45) is -3.97. The Labute approximate surface area is 135 Å². The van der Waals surface area contributed by atoms with E-state index in [9.17, 15) is 27.7 Å². The molecule has 0 N–H and O–H groups in total. The maximum atomic E-state index is 13.1. The Morgan fingerprint density at radius 2 is 1.80 bits per heavy atom. The van der Waals surface area contributed by atoms with Crippen molar-refractivity contribution in [3.63, 3.8) is 0 Å². The lowest BCUT2D eigenvalue weighted by Crippen LogP contribution is -2.13. The molecule has 0 aliphatic carbocycles. The summed E-state index contributed by atoms with van der Waals surface area (Å²) in [5, 5.41) is 14.0. The van der Waals surface area contributed by atoms with E-state index in [4.69, 9.17) is 0 Å². The van der Waals surface area contributed by atoms with Gasteiger partial charge in [0.1, 0.15) is 5.82 Å². The molecular weight excluding hydrogens is 348 g/mol. The SMILES string of the molecule is O=[N+]([O-])c1ncn(-c2nc(-c3ccc(F)cc3)cc(C(F)(F)F)n2)n1. The molecule has 8 nitrogen and oxygen atoms in total. The lowest BCUT2D eigenvalue weighted by molar-refractivity contribution is -0.394. The molecule has 0 atom stereocenters. The summed E-state index contributed by atoms with van der Waals surface area (Å²) in [7, 11) is 0. The van der Waals surface area contributed by atoms with Crippen LogP contribution in [-0.2, 0) is 6.18 Å². The van der Waals surface area contributed by atoms with E-state index in [2.05, 4.69) is 20.1 Å². The quantitative estimate of drug-likeness (QED) is 0.407. The van der Waals surface area contributed by atoms with Crippen LogP contribution in [0, 0.1) is 15.9 Å². The summed E-state index contributed by atoms with van der Waals surface area (Å²) in [5.41, 5.74) is -1.24. The van der Waals surface area contributed by atoms with E-state index >= 15 is 0 Å². The third kappa shape index (κ3) is 3.41. The fourth-order valence-corrected chi connectivity index (χ4v) is 1.89. The maximum absolute atomic E-state index is 13.1. The molecule has 12 heteroatoms. The highest BCUT2D eigenvalue weighted by atomic mass is 19.4. The van der Waals surface area contributed by atoms with Crippen LogP contribution in [0.15, 0.2) is 36.7 Å². The van der Waals surface area contributed by atoms with Crippen LogP contribution >= 0.6 is 0 Å². The predicted molar refractivity (Wildman–Crippen MR) is 74.0 cm³/mol. The molecule has 0 spiro atoms. The van der Waals surface area contributed by atoms with Gasteiger partial charge in [-0.05, 0) is 35.3 Å². The number of alkyl halides is 3. The Balaban J connectivity index is 2.15. The fraction of sp³-hybridized carbons (Fsp3) is 0.0769. The van der Waals surface area contributed by atoms with Crippen LogP contribution in [-0.4, -0.2) is 29.7 Å². The van der Waals surface area contributed by atoms with Crippen LogP contribution in [0.2, 0.25) is 0 Å². The zero-order valence-electron chi connectivity index (χ0n) is 12.0. The molecule has 0 aliphatic rings. The summed E-state index contributed by atoms with van der Waals surface area (Å²) in [6.45, 7) is 0. The van der Waals surface area contributed by atoms with Gasteiger partial charge in [-0.1, -0.05) is 4.98 Å². The molecular formula is C13H6F4N6O2. The van der Waals surface area contributed by atoms with Crippen LogP contribution < -0.4 is 0 Å². The Bertz CT molecular complexity index is 938. The highest BCUT2D eigenvalue weighted by molar-refractivity contribution is 5.60. The molecule has 0 radical (unpaired) electrons. The minimum absolute atomic E-state index is 0.157. The number of aromatic nitrogens is 5. The van der Waals surface area contributed by atoms with Crippen molar-refractivity contribution < 1.29 is 22.5 Å². The second-order valence-corrected chi connectivity index (χ2v) is 4.69. The van der Waals surface area contributed by atoms with Crippen molar-refractivity contribution in [3.05, 3.63) is 58.3 Å².